The number of alkyl halides is 3. The Morgan fingerprint density at radius 3 is 1.87 bits per heavy atom. The van der Waals surface area contributed by atoms with E-state index in [2.05, 4.69) is 10.3 Å². The van der Waals surface area contributed by atoms with Gasteiger partial charge in [-0.15, -0.1) is 0 Å². The summed E-state index contributed by atoms with van der Waals surface area (Å²) >= 11 is 0. The predicted molar refractivity (Wildman–Crippen MR) is 51.7 cm³/mol. The smallest absolute Gasteiger partial charge is 0.390 e. The minimum Gasteiger partial charge on any atom is -0.464 e. The topological polar surface area (TPSA) is 26.5 Å². The molecule has 0 aromatic rings. The Kier molecular flexibility index (Phi) is 6.56. The van der Waals surface area contributed by atoms with Gasteiger partial charge < -0.3 is 10.3 Å². The first-order valence-corrected chi connectivity index (χ1v) is 4.36. The van der Waals surface area contributed by atoms with Gasteiger partial charge in [-0.05, 0) is 12.5 Å². The third-order valence-electron chi connectivity index (χ3n) is 1.35. The summed E-state index contributed by atoms with van der Waals surface area (Å²) in [6, 6.07) is -1.69. The Labute approximate surface area is 98.6 Å². The second-order valence-electron chi connectivity index (χ2n) is 4.18. The van der Waals surface area contributed by atoms with Crippen molar-refractivity contribution in [1.82, 2.24) is 0 Å². The zero-order valence-electron chi connectivity index (χ0n) is 9.42. The van der Waals surface area contributed by atoms with E-state index in [0.717, 1.165) is 6.92 Å². The molecule has 0 aromatic carbocycles. The van der Waals surface area contributed by atoms with Crippen molar-refractivity contribution in [3.05, 3.63) is 5.32 Å². The molecule has 0 spiro atoms. The number of hydrogen-bond acceptors (Lipinski definition) is 1. The molecule has 0 aliphatic rings. The molecule has 0 saturated carbocycles. The van der Waals surface area contributed by atoms with Gasteiger partial charge in [-0.2, -0.15) is 13.2 Å². The second kappa shape index (κ2) is 5.73. The van der Waals surface area contributed by atoms with Gasteiger partial charge in [0.15, 0.2) is 0 Å². The fourth-order valence-corrected chi connectivity index (χ4v) is 0.868. The summed E-state index contributed by atoms with van der Waals surface area (Å²) in [5.41, 5.74) is -0.390. The van der Waals surface area contributed by atoms with Gasteiger partial charge in [0.1, 0.15) is 0 Å². The number of hydrogen-bond donors (Lipinski definition) is 0. The van der Waals surface area contributed by atoms with Crippen LogP contribution < -0.4 is 0 Å². The molecule has 6 heteroatoms. The third kappa shape index (κ3) is 8.73. The van der Waals surface area contributed by atoms with Crippen LogP contribution in [0, 0.1) is 0 Å². The fraction of sp³-hybridized carbons (Fsp3) is 0.889. The molecule has 1 atom stereocenters. The van der Waals surface area contributed by atoms with E-state index < -0.39 is 12.2 Å². The molecule has 0 saturated heterocycles. The van der Waals surface area contributed by atoms with Crippen molar-refractivity contribution >= 4 is 5.84 Å². The molecule has 0 aliphatic heterocycles. The Morgan fingerprint density at radius 1 is 1.20 bits per heavy atom. The minimum atomic E-state index is -4.28. The first kappa shape index (κ1) is 17.2. The molecule has 0 fully saturated rings. The van der Waals surface area contributed by atoms with Crippen molar-refractivity contribution in [2.45, 2.75) is 52.4 Å². The van der Waals surface area contributed by atoms with Crippen LogP contribution in [0.2, 0.25) is 0 Å². The average Bonchev–Trinajstić information content (AvgIpc) is 1.79. The SMILES string of the molecule is CC(=NC(C)(C)C)[N-]C(C)C(F)(F)F.[Ni]. The largest absolute Gasteiger partial charge is 0.464 e. The summed E-state index contributed by atoms with van der Waals surface area (Å²) in [7, 11) is 0. The van der Waals surface area contributed by atoms with Crippen LogP contribution in [0.3, 0.4) is 0 Å². The van der Waals surface area contributed by atoms with Crippen LogP contribution in [0.25, 0.3) is 5.32 Å². The van der Waals surface area contributed by atoms with Crippen LogP contribution >= 0.6 is 0 Å². The normalized spacial score (nSPS) is 15.6. The molecule has 0 amide bonds. The maximum absolute atomic E-state index is 12.1. The molecule has 0 rings (SSSR count). The van der Waals surface area contributed by atoms with Gasteiger partial charge in [0, 0.05) is 16.5 Å². The second-order valence-corrected chi connectivity index (χ2v) is 4.18. The van der Waals surface area contributed by atoms with Gasteiger partial charge in [-0.25, -0.2) is 0 Å². The molecular formula is C9H16F3N2Ni-. The maximum Gasteiger partial charge on any atom is 0.390 e. The Balaban J connectivity index is 0. The standard InChI is InChI=1S/C9H16F3N2.Ni/c1-6(9(10,11)12)13-7(2)14-8(3,4)5;/h6H,1-5H3;/q-1;. The van der Waals surface area contributed by atoms with Gasteiger partial charge >= 0.3 is 6.18 Å². The van der Waals surface area contributed by atoms with E-state index in [1.165, 1.54) is 6.92 Å². The van der Waals surface area contributed by atoms with Gasteiger partial charge in [-0.1, -0.05) is 33.5 Å². The minimum absolute atomic E-state index is 0. The summed E-state index contributed by atoms with van der Waals surface area (Å²) in [4.78, 5) is 4.01. The summed E-state index contributed by atoms with van der Waals surface area (Å²) in [6.07, 6.45) is -4.28. The van der Waals surface area contributed by atoms with E-state index in [-0.39, 0.29) is 27.9 Å². The molecule has 0 bridgehead atoms. The summed E-state index contributed by atoms with van der Waals surface area (Å²) in [5.74, 6) is 0.183. The summed E-state index contributed by atoms with van der Waals surface area (Å²) in [6.45, 7) is 7.92. The molecular weight excluding hydrogens is 252 g/mol. The summed E-state index contributed by atoms with van der Waals surface area (Å²) in [5, 5.41) is 3.46. The third-order valence-corrected chi connectivity index (χ3v) is 1.35. The van der Waals surface area contributed by atoms with Crippen LogP contribution in [0.15, 0.2) is 4.99 Å². The maximum atomic E-state index is 12.1. The van der Waals surface area contributed by atoms with Crippen molar-refractivity contribution in [3.8, 4) is 0 Å². The fourth-order valence-electron chi connectivity index (χ4n) is 0.868. The zero-order chi connectivity index (χ0) is 11.6. The number of aliphatic imine (C=N–C) groups is 1. The monoisotopic (exact) mass is 267 g/mol. The molecule has 0 N–H and O–H groups in total. The number of nitrogens with zero attached hydrogens (tertiary/aromatic N) is 2. The van der Waals surface area contributed by atoms with Crippen LogP contribution in [-0.2, 0) is 16.5 Å². The molecule has 0 heterocycles. The van der Waals surface area contributed by atoms with Gasteiger partial charge in [0.05, 0.1) is 6.04 Å². The van der Waals surface area contributed by atoms with E-state index in [4.69, 9.17) is 0 Å². The average molecular weight is 268 g/mol. The van der Waals surface area contributed by atoms with Crippen LogP contribution in [0.4, 0.5) is 13.2 Å². The van der Waals surface area contributed by atoms with E-state index >= 15 is 0 Å². The van der Waals surface area contributed by atoms with Crippen LogP contribution in [-0.4, -0.2) is 23.6 Å². The molecule has 15 heavy (non-hydrogen) atoms. The number of halogens is 3. The first-order chi connectivity index (χ1) is 6.02. The number of rotatable bonds is 1. The molecule has 94 valence electrons. The molecule has 0 aromatic heterocycles. The molecule has 0 radical (unpaired) electrons. The van der Waals surface area contributed by atoms with Gasteiger partial charge in [0.2, 0.25) is 0 Å². The van der Waals surface area contributed by atoms with Crippen molar-refractivity contribution in [3.63, 3.8) is 0 Å². The molecule has 1 unspecified atom stereocenters. The van der Waals surface area contributed by atoms with E-state index in [1.54, 1.807) is 0 Å². The quantitative estimate of drug-likeness (QED) is 0.395. The zero-order valence-corrected chi connectivity index (χ0v) is 10.4. The van der Waals surface area contributed by atoms with Crippen LogP contribution in [0.5, 0.6) is 0 Å². The molecule has 2 nitrogen and oxygen atoms in total. The first-order valence-electron chi connectivity index (χ1n) is 4.36. The van der Waals surface area contributed by atoms with E-state index in [1.807, 2.05) is 20.8 Å². The van der Waals surface area contributed by atoms with E-state index in [9.17, 15) is 13.2 Å². The number of amidine groups is 1. The van der Waals surface area contributed by atoms with Gasteiger partial charge in [-0.3, -0.25) is 0 Å². The van der Waals surface area contributed by atoms with Crippen molar-refractivity contribution in [2.24, 2.45) is 4.99 Å². The van der Waals surface area contributed by atoms with Crippen LogP contribution in [0.1, 0.15) is 34.6 Å². The van der Waals surface area contributed by atoms with Crippen molar-refractivity contribution in [2.75, 3.05) is 0 Å². The predicted octanol–water partition coefficient (Wildman–Crippen LogP) is 3.53. The Morgan fingerprint density at radius 2 is 1.60 bits per heavy atom. The van der Waals surface area contributed by atoms with E-state index in [0.29, 0.717) is 0 Å². The van der Waals surface area contributed by atoms with Gasteiger partial charge in [0.25, 0.3) is 0 Å². The van der Waals surface area contributed by atoms with Crippen molar-refractivity contribution < 1.29 is 29.7 Å². The Bertz CT molecular complexity index is 218. The Hall–Kier alpha value is -0.246. The molecule has 0 aliphatic carbocycles. The summed E-state index contributed by atoms with van der Waals surface area (Å²) < 4.78 is 36.3. The van der Waals surface area contributed by atoms with Crippen molar-refractivity contribution in [1.29, 1.82) is 0 Å².